The van der Waals surface area contributed by atoms with Gasteiger partial charge in [-0.2, -0.15) is 0 Å². The topological polar surface area (TPSA) is 0 Å². The third-order valence-corrected chi connectivity index (χ3v) is 0.866. The zero-order chi connectivity index (χ0) is 4.12. The van der Waals surface area contributed by atoms with Gasteiger partial charge >= 0.3 is 0 Å². The second kappa shape index (κ2) is 9.68. The first-order valence-electron chi connectivity index (χ1n) is 1.58. The molecule has 0 saturated heterocycles. The molecule has 0 heterocycles. The van der Waals surface area contributed by atoms with Crippen molar-refractivity contribution in [2.24, 2.45) is 0 Å². The van der Waals surface area contributed by atoms with Crippen molar-refractivity contribution >= 4 is 11.8 Å². The zero-order valence-electron chi connectivity index (χ0n) is 3.81. The molecule has 0 saturated carbocycles. The molecule has 0 fully saturated rings. The molecular weight excluding hydrogens is 169 g/mol. The summed E-state index contributed by atoms with van der Waals surface area (Å²) in [5, 5.41) is 0. The Morgan fingerprint density at radius 3 is 1.50 bits per heavy atom. The van der Waals surface area contributed by atoms with Crippen molar-refractivity contribution in [1.29, 1.82) is 0 Å². The van der Waals surface area contributed by atoms with E-state index >= 15 is 0 Å². The molecule has 0 nitrogen and oxygen atoms in total. The fourth-order valence-corrected chi connectivity index (χ4v) is 0.306. The second-order valence-corrected chi connectivity index (χ2v) is 1.84. The molecule has 0 bridgehead atoms. The van der Waals surface area contributed by atoms with Crippen LogP contribution in [0.2, 0.25) is 0 Å². The Kier molecular flexibility index (Phi) is 16.8. The summed E-state index contributed by atoms with van der Waals surface area (Å²) in [6.07, 6.45) is 0. The molecule has 0 atom stereocenters. The molecule has 0 rings (SSSR count). The van der Waals surface area contributed by atoms with Gasteiger partial charge in [0.15, 0.2) is 0 Å². The smallest absolute Gasteiger partial charge is 0 e. The summed E-state index contributed by atoms with van der Waals surface area (Å²) in [5.74, 6) is 1.90. The van der Waals surface area contributed by atoms with Crippen LogP contribution in [-0.2, 0) is 32.7 Å². The maximum absolute atomic E-state index is 3.60. The van der Waals surface area contributed by atoms with Crippen LogP contribution in [0.3, 0.4) is 0 Å². The van der Waals surface area contributed by atoms with Crippen LogP contribution in [0.1, 0.15) is 0 Å². The Labute approximate surface area is 69.3 Å². The molecule has 0 aliphatic heterocycles. The molecule has 0 aromatic rings. The Bertz CT molecular complexity index is 15.0. The molecule has 0 aromatic heterocycles. The normalized spacial score (nSPS) is 7.00. The summed E-state index contributed by atoms with van der Waals surface area (Å²) in [6.45, 7) is 7.20. The SMILES string of the molecule is [CH2-]CSC[CH2-].[Y]. The van der Waals surface area contributed by atoms with E-state index in [2.05, 4.69) is 13.8 Å². The van der Waals surface area contributed by atoms with Crippen molar-refractivity contribution in [3.63, 3.8) is 0 Å². The Balaban J connectivity index is 0. The molecule has 0 spiro atoms. The van der Waals surface area contributed by atoms with Crippen molar-refractivity contribution in [2.75, 3.05) is 11.5 Å². The van der Waals surface area contributed by atoms with Gasteiger partial charge in [0.1, 0.15) is 0 Å². The molecule has 0 aliphatic carbocycles. The predicted molar refractivity (Wildman–Crippen MR) is 28.0 cm³/mol. The first-order chi connectivity index (χ1) is 2.41. The van der Waals surface area contributed by atoms with E-state index in [9.17, 15) is 0 Å². The molecular formula is C4H8SY-2. The largest absolute Gasteiger partial charge is 0.334 e. The van der Waals surface area contributed by atoms with E-state index < -0.39 is 0 Å². The minimum absolute atomic E-state index is 0. The second-order valence-electron chi connectivity index (χ2n) is 0.612. The molecule has 6 heavy (non-hydrogen) atoms. The molecule has 0 N–H and O–H groups in total. The number of rotatable bonds is 2. The molecule has 0 aromatic carbocycles. The van der Waals surface area contributed by atoms with Gasteiger partial charge in [-0.25, -0.2) is 11.8 Å². The molecule has 0 unspecified atom stereocenters. The number of hydrogen-bond donors (Lipinski definition) is 0. The summed E-state index contributed by atoms with van der Waals surface area (Å²) < 4.78 is 0. The van der Waals surface area contributed by atoms with Crippen molar-refractivity contribution in [1.82, 2.24) is 0 Å². The molecule has 35 valence electrons. The van der Waals surface area contributed by atoms with Gasteiger partial charge in [0.05, 0.1) is 0 Å². The fourth-order valence-electron chi connectivity index (χ4n) is 0.102. The van der Waals surface area contributed by atoms with Gasteiger partial charge in [0.2, 0.25) is 0 Å². The van der Waals surface area contributed by atoms with Crippen LogP contribution >= 0.6 is 11.8 Å². The quantitative estimate of drug-likeness (QED) is 0.574. The average molecular weight is 177 g/mol. The first kappa shape index (κ1) is 10.4. The molecule has 2 heteroatoms. The van der Waals surface area contributed by atoms with E-state index in [-0.39, 0.29) is 32.7 Å². The van der Waals surface area contributed by atoms with Crippen molar-refractivity contribution in [3.05, 3.63) is 13.8 Å². The Hall–Kier alpha value is 1.45. The zero-order valence-corrected chi connectivity index (χ0v) is 7.47. The van der Waals surface area contributed by atoms with Crippen molar-refractivity contribution in [3.8, 4) is 0 Å². The van der Waals surface area contributed by atoms with Crippen LogP contribution in [-0.4, -0.2) is 11.5 Å². The van der Waals surface area contributed by atoms with Gasteiger partial charge in [0.25, 0.3) is 0 Å². The first-order valence-corrected chi connectivity index (χ1v) is 2.73. The van der Waals surface area contributed by atoms with Crippen LogP contribution in [0, 0.1) is 13.8 Å². The van der Waals surface area contributed by atoms with E-state index in [1.165, 1.54) is 0 Å². The maximum atomic E-state index is 3.60. The minimum atomic E-state index is 0. The summed E-state index contributed by atoms with van der Waals surface area (Å²) in [7, 11) is 0. The van der Waals surface area contributed by atoms with Gasteiger partial charge in [-0.05, 0) is 0 Å². The predicted octanol–water partition coefficient (Wildman–Crippen LogP) is 1.39. The third-order valence-electron chi connectivity index (χ3n) is 0.289. The van der Waals surface area contributed by atoms with Crippen LogP contribution < -0.4 is 0 Å². The monoisotopic (exact) mass is 177 g/mol. The van der Waals surface area contributed by atoms with E-state index in [4.69, 9.17) is 0 Å². The summed E-state index contributed by atoms with van der Waals surface area (Å²) in [4.78, 5) is 0. The van der Waals surface area contributed by atoms with E-state index in [0.717, 1.165) is 11.5 Å². The van der Waals surface area contributed by atoms with E-state index in [1.54, 1.807) is 11.8 Å². The third kappa shape index (κ3) is 9.07. The van der Waals surface area contributed by atoms with Gasteiger partial charge in [-0.1, -0.05) is 0 Å². The maximum Gasteiger partial charge on any atom is 0 e. The van der Waals surface area contributed by atoms with Crippen LogP contribution in [0.25, 0.3) is 0 Å². The fraction of sp³-hybridized carbons (Fsp3) is 0.500. The number of thioether (sulfide) groups is 1. The van der Waals surface area contributed by atoms with Crippen LogP contribution in [0.5, 0.6) is 0 Å². The molecule has 0 aliphatic rings. The van der Waals surface area contributed by atoms with Crippen LogP contribution in [0.15, 0.2) is 0 Å². The molecule has 1 radical (unpaired) electrons. The van der Waals surface area contributed by atoms with Gasteiger partial charge in [-0.15, -0.1) is 11.5 Å². The minimum Gasteiger partial charge on any atom is -0.334 e. The summed E-state index contributed by atoms with van der Waals surface area (Å²) in [5.41, 5.74) is 0. The van der Waals surface area contributed by atoms with Gasteiger partial charge in [0, 0.05) is 32.7 Å². The van der Waals surface area contributed by atoms with E-state index in [1.807, 2.05) is 0 Å². The Morgan fingerprint density at radius 2 is 1.50 bits per heavy atom. The van der Waals surface area contributed by atoms with Gasteiger partial charge in [-0.3, -0.25) is 0 Å². The Morgan fingerprint density at radius 1 is 1.17 bits per heavy atom. The van der Waals surface area contributed by atoms with Gasteiger partial charge < -0.3 is 13.8 Å². The summed E-state index contributed by atoms with van der Waals surface area (Å²) in [6, 6.07) is 0. The molecule has 0 amide bonds. The standard InChI is InChI=1S/C4H8S.Y/c1-3-5-4-2;/h1-4H2;/q-2;. The number of hydrogen-bond acceptors (Lipinski definition) is 1. The van der Waals surface area contributed by atoms with Crippen molar-refractivity contribution < 1.29 is 32.7 Å². The summed E-state index contributed by atoms with van der Waals surface area (Å²) >= 11 is 1.74. The van der Waals surface area contributed by atoms with Crippen molar-refractivity contribution in [2.45, 2.75) is 0 Å². The van der Waals surface area contributed by atoms with Crippen LogP contribution in [0.4, 0.5) is 0 Å². The van der Waals surface area contributed by atoms with E-state index in [0.29, 0.717) is 0 Å². The average Bonchev–Trinajstić information content (AvgIpc) is 1.41.